The van der Waals surface area contributed by atoms with Crippen LogP contribution in [0.1, 0.15) is 44.9 Å². The molecule has 1 saturated heterocycles. The average Bonchev–Trinajstić information content (AvgIpc) is 2.91. The molecule has 2 aliphatic heterocycles. The van der Waals surface area contributed by atoms with E-state index < -0.39 is 0 Å². The SMILES string of the molecule is C1=C2CCC3OC4CC(Oc5ccccc5)CC5CCC6OC(=C2C3C6C54)CC1Oc1ccccc1. The van der Waals surface area contributed by atoms with Gasteiger partial charge in [0.05, 0.1) is 12.2 Å². The largest absolute Gasteiger partial charge is 0.494 e. The maximum Gasteiger partial charge on any atom is 0.124 e. The van der Waals surface area contributed by atoms with Crippen LogP contribution < -0.4 is 9.47 Å². The summed E-state index contributed by atoms with van der Waals surface area (Å²) in [6, 6.07) is 20.5. The van der Waals surface area contributed by atoms with Gasteiger partial charge in [-0.3, -0.25) is 0 Å². The lowest BCUT2D eigenvalue weighted by Crippen LogP contribution is -2.62. The van der Waals surface area contributed by atoms with Gasteiger partial charge >= 0.3 is 0 Å². The molecule has 0 amide bonds. The summed E-state index contributed by atoms with van der Waals surface area (Å²) in [5.41, 5.74) is 2.95. The van der Waals surface area contributed by atoms with Crippen LogP contribution in [0.4, 0.5) is 0 Å². The Hall–Kier alpha value is -2.72. The second-order valence-electron chi connectivity index (χ2n) is 11.7. The number of para-hydroxylation sites is 2. The quantitative estimate of drug-likeness (QED) is 0.500. The number of ether oxygens (including phenoxy) is 4. The van der Waals surface area contributed by atoms with Crippen molar-refractivity contribution in [2.75, 3.05) is 0 Å². The lowest BCUT2D eigenvalue weighted by atomic mass is 9.53. The number of benzene rings is 2. The molecule has 0 bridgehead atoms. The monoisotopic (exact) mass is 482 g/mol. The van der Waals surface area contributed by atoms with Gasteiger partial charge in [-0.15, -0.1) is 0 Å². The molecule has 4 nitrogen and oxygen atoms in total. The van der Waals surface area contributed by atoms with Gasteiger partial charge in [-0.25, -0.2) is 0 Å². The van der Waals surface area contributed by atoms with E-state index in [2.05, 4.69) is 36.4 Å². The molecule has 0 N–H and O–H groups in total. The van der Waals surface area contributed by atoms with E-state index in [1.807, 2.05) is 30.3 Å². The summed E-state index contributed by atoms with van der Waals surface area (Å²) >= 11 is 0. The van der Waals surface area contributed by atoms with Gasteiger partial charge in [0, 0.05) is 24.7 Å². The van der Waals surface area contributed by atoms with E-state index in [0.717, 1.165) is 50.0 Å². The van der Waals surface area contributed by atoms with Crippen LogP contribution in [-0.4, -0.2) is 30.5 Å². The fraction of sp³-hybridized carbons (Fsp3) is 0.500. The third-order valence-corrected chi connectivity index (χ3v) is 9.72. The van der Waals surface area contributed by atoms with Gasteiger partial charge in [0.1, 0.15) is 35.6 Å². The summed E-state index contributed by atoms with van der Waals surface area (Å²) < 4.78 is 26.8. The molecule has 0 spiro atoms. The Labute approximate surface area is 213 Å². The predicted octanol–water partition coefficient (Wildman–Crippen LogP) is 6.48. The fourth-order valence-electron chi connectivity index (χ4n) is 8.53. The highest BCUT2D eigenvalue weighted by Crippen LogP contribution is 2.61. The van der Waals surface area contributed by atoms with Crippen LogP contribution in [0.5, 0.6) is 11.5 Å². The van der Waals surface area contributed by atoms with Crippen molar-refractivity contribution in [2.45, 2.75) is 75.5 Å². The maximum atomic E-state index is 7.01. The van der Waals surface area contributed by atoms with E-state index in [1.165, 1.54) is 23.3 Å². The highest BCUT2D eigenvalue weighted by molar-refractivity contribution is 5.45. The average molecular weight is 483 g/mol. The molecule has 0 aromatic heterocycles. The molecule has 0 radical (unpaired) electrons. The van der Waals surface area contributed by atoms with Crippen molar-refractivity contribution < 1.29 is 18.9 Å². The van der Waals surface area contributed by atoms with Crippen LogP contribution in [0.15, 0.2) is 83.6 Å². The highest BCUT2D eigenvalue weighted by Gasteiger charge is 2.61. The molecule has 4 fully saturated rings. The standard InChI is InChI=1S/C32H34O4/c1-3-7-21(8-4-1)33-23-15-19-11-13-26-31-29(19)27(17-23)35-25-14-12-20-16-24(34-22-9-5-2-6-10-22)18-28(36-26)30(20)32(25)31/h1-10,15,20,23-26,28,30-32H,11-14,16-18H2. The van der Waals surface area contributed by atoms with E-state index in [-0.39, 0.29) is 12.2 Å². The molecule has 6 aliphatic rings. The predicted molar refractivity (Wildman–Crippen MR) is 137 cm³/mol. The topological polar surface area (TPSA) is 36.9 Å². The molecular weight excluding hydrogens is 448 g/mol. The molecule has 4 heteroatoms. The molecule has 9 unspecified atom stereocenters. The van der Waals surface area contributed by atoms with Crippen molar-refractivity contribution in [1.29, 1.82) is 0 Å². The summed E-state index contributed by atoms with van der Waals surface area (Å²) in [6.45, 7) is 0. The molecule has 9 atom stereocenters. The minimum Gasteiger partial charge on any atom is -0.494 e. The molecule has 186 valence electrons. The first-order chi connectivity index (χ1) is 17.8. The van der Waals surface area contributed by atoms with Gasteiger partial charge in [-0.1, -0.05) is 36.4 Å². The molecule has 36 heavy (non-hydrogen) atoms. The minimum atomic E-state index is 0.0495. The van der Waals surface area contributed by atoms with Crippen molar-refractivity contribution in [2.24, 2.45) is 23.7 Å². The number of allylic oxidation sites excluding steroid dienone is 1. The van der Waals surface area contributed by atoms with Crippen molar-refractivity contribution in [1.82, 2.24) is 0 Å². The van der Waals surface area contributed by atoms with Crippen molar-refractivity contribution in [3.63, 3.8) is 0 Å². The third-order valence-electron chi connectivity index (χ3n) is 9.72. The maximum absolute atomic E-state index is 7.01. The Balaban J connectivity index is 1.07. The highest BCUT2D eigenvalue weighted by atomic mass is 16.5. The van der Waals surface area contributed by atoms with Gasteiger partial charge in [0.25, 0.3) is 0 Å². The molecule has 2 aromatic rings. The minimum absolute atomic E-state index is 0.0495. The Morgan fingerprint density at radius 1 is 0.722 bits per heavy atom. The van der Waals surface area contributed by atoms with Crippen LogP contribution in [0.25, 0.3) is 0 Å². The number of hydrogen-bond donors (Lipinski definition) is 0. The van der Waals surface area contributed by atoms with Crippen molar-refractivity contribution >= 4 is 0 Å². The second kappa shape index (κ2) is 8.41. The fourth-order valence-corrected chi connectivity index (χ4v) is 8.53. The zero-order valence-electron chi connectivity index (χ0n) is 20.6. The zero-order valence-corrected chi connectivity index (χ0v) is 20.6. The van der Waals surface area contributed by atoms with Crippen LogP contribution in [0, 0.1) is 23.7 Å². The Morgan fingerprint density at radius 3 is 2.31 bits per heavy atom. The normalized spacial score (nSPS) is 39.9. The second-order valence-corrected chi connectivity index (χ2v) is 11.7. The van der Waals surface area contributed by atoms with Gasteiger partial charge < -0.3 is 18.9 Å². The first kappa shape index (κ1) is 21.4. The van der Waals surface area contributed by atoms with E-state index in [0.29, 0.717) is 42.0 Å². The smallest absolute Gasteiger partial charge is 0.124 e. The Bertz CT molecular complexity index is 1190. The Kier molecular flexibility index (Phi) is 4.99. The number of rotatable bonds is 4. The molecule has 2 heterocycles. The van der Waals surface area contributed by atoms with E-state index in [9.17, 15) is 0 Å². The third kappa shape index (κ3) is 3.44. The first-order valence-electron chi connectivity index (χ1n) is 14.0. The molecule has 3 saturated carbocycles. The van der Waals surface area contributed by atoms with Crippen LogP contribution >= 0.6 is 0 Å². The molecule has 4 aliphatic carbocycles. The van der Waals surface area contributed by atoms with Crippen molar-refractivity contribution in [3.8, 4) is 11.5 Å². The summed E-state index contributed by atoms with van der Waals surface area (Å²) in [7, 11) is 0. The van der Waals surface area contributed by atoms with E-state index in [1.54, 1.807) is 0 Å². The Morgan fingerprint density at radius 2 is 1.50 bits per heavy atom. The first-order valence-corrected chi connectivity index (χ1v) is 14.0. The lowest BCUT2D eigenvalue weighted by molar-refractivity contribution is -0.228. The van der Waals surface area contributed by atoms with Crippen LogP contribution in [0.2, 0.25) is 0 Å². The van der Waals surface area contributed by atoms with Gasteiger partial charge in [0.15, 0.2) is 0 Å². The van der Waals surface area contributed by atoms with Crippen LogP contribution in [0.3, 0.4) is 0 Å². The molecule has 8 rings (SSSR count). The van der Waals surface area contributed by atoms with Crippen molar-refractivity contribution in [3.05, 3.63) is 83.6 Å². The summed E-state index contributed by atoms with van der Waals surface area (Å²) in [5.74, 6) is 5.45. The van der Waals surface area contributed by atoms with E-state index >= 15 is 0 Å². The summed E-state index contributed by atoms with van der Waals surface area (Å²) in [6.07, 6.45) is 11.1. The summed E-state index contributed by atoms with van der Waals surface area (Å²) in [4.78, 5) is 0. The van der Waals surface area contributed by atoms with Gasteiger partial charge in [0.2, 0.25) is 0 Å². The lowest BCUT2D eigenvalue weighted by Gasteiger charge is -2.61. The summed E-state index contributed by atoms with van der Waals surface area (Å²) in [5, 5.41) is 0. The van der Waals surface area contributed by atoms with E-state index in [4.69, 9.17) is 18.9 Å². The molecule has 2 aromatic carbocycles. The van der Waals surface area contributed by atoms with Gasteiger partial charge in [-0.05, 0) is 85.4 Å². The van der Waals surface area contributed by atoms with Crippen LogP contribution in [-0.2, 0) is 9.47 Å². The van der Waals surface area contributed by atoms with Gasteiger partial charge in [-0.2, -0.15) is 0 Å². The zero-order chi connectivity index (χ0) is 23.6. The molecular formula is C32H34O4. The number of hydrogen-bond acceptors (Lipinski definition) is 4.